The molecule has 2 aliphatic heterocycles. The minimum Gasteiger partial charge on any atom is -0.349 e. The lowest BCUT2D eigenvalue weighted by Gasteiger charge is -2.24. The topological polar surface area (TPSA) is 29.1 Å². The second-order valence-corrected chi connectivity index (χ2v) is 3.89. The predicted molar refractivity (Wildman–Crippen MR) is 45.3 cm³/mol. The van der Waals surface area contributed by atoms with Gasteiger partial charge in [0.05, 0.1) is 12.0 Å². The van der Waals surface area contributed by atoms with Gasteiger partial charge < -0.3 is 5.32 Å². The highest BCUT2D eigenvalue weighted by atomic mass is 16.2. The maximum atomic E-state index is 11.5. The van der Waals surface area contributed by atoms with Crippen LogP contribution in [0.2, 0.25) is 0 Å². The van der Waals surface area contributed by atoms with E-state index in [-0.39, 0.29) is 17.9 Å². The van der Waals surface area contributed by atoms with E-state index in [9.17, 15) is 4.79 Å². The molecule has 1 N–H and O–H groups in total. The van der Waals surface area contributed by atoms with Crippen LogP contribution in [0.5, 0.6) is 0 Å². The summed E-state index contributed by atoms with van der Waals surface area (Å²) in [5.41, 5.74) is 0. The maximum Gasteiger partial charge on any atom is 0.227 e. The highest BCUT2D eigenvalue weighted by molar-refractivity contribution is 5.83. The zero-order valence-corrected chi connectivity index (χ0v) is 6.73. The molecule has 4 rings (SSSR count). The fraction of sp³-hybridized carbons (Fsp3) is 0.500. The normalized spacial score (nSPS) is 47.8. The first-order chi connectivity index (χ1) is 5.84. The van der Waals surface area contributed by atoms with E-state index in [0.717, 1.165) is 6.42 Å². The van der Waals surface area contributed by atoms with Gasteiger partial charge in [-0.2, -0.15) is 0 Å². The van der Waals surface area contributed by atoms with Crippen LogP contribution < -0.4 is 5.32 Å². The zero-order valence-electron chi connectivity index (χ0n) is 6.73. The molecule has 2 heteroatoms. The molecule has 4 atom stereocenters. The Hall–Kier alpha value is -1.05. The molecule has 0 spiro atoms. The largest absolute Gasteiger partial charge is 0.349 e. The molecule has 0 unspecified atom stereocenters. The van der Waals surface area contributed by atoms with Crippen LogP contribution >= 0.6 is 0 Å². The van der Waals surface area contributed by atoms with Crippen LogP contribution in [0.1, 0.15) is 6.42 Å². The molecule has 2 heterocycles. The third kappa shape index (κ3) is 0.675. The third-order valence-corrected chi connectivity index (χ3v) is 3.21. The molecular formula is C10H11NO. The molecule has 4 aliphatic rings. The van der Waals surface area contributed by atoms with Gasteiger partial charge in [0, 0.05) is 5.92 Å². The Morgan fingerprint density at radius 1 is 1.17 bits per heavy atom. The lowest BCUT2D eigenvalue weighted by molar-refractivity contribution is -0.124. The lowest BCUT2D eigenvalue weighted by atomic mass is 9.91. The second-order valence-electron chi connectivity index (χ2n) is 3.89. The molecule has 1 amide bonds. The minimum absolute atomic E-state index is 0.116. The molecule has 0 saturated carbocycles. The number of amides is 1. The fourth-order valence-electron chi connectivity index (χ4n) is 2.51. The number of fused-ring (bicyclic) bond motifs is 1. The molecule has 4 bridgehead atoms. The van der Waals surface area contributed by atoms with E-state index in [0.29, 0.717) is 11.8 Å². The first-order valence-electron chi connectivity index (χ1n) is 4.51. The van der Waals surface area contributed by atoms with E-state index in [2.05, 4.69) is 29.6 Å². The number of nitrogens with one attached hydrogen (secondary N) is 1. The first kappa shape index (κ1) is 6.46. The van der Waals surface area contributed by atoms with Gasteiger partial charge in [0.25, 0.3) is 0 Å². The first-order valence-corrected chi connectivity index (χ1v) is 4.51. The number of allylic oxidation sites excluding steroid dienone is 1. The van der Waals surface area contributed by atoms with Gasteiger partial charge >= 0.3 is 0 Å². The van der Waals surface area contributed by atoms with Gasteiger partial charge in [0.15, 0.2) is 0 Å². The Morgan fingerprint density at radius 3 is 2.83 bits per heavy atom. The number of carbonyl (C=O) groups is 1. The van der Waals surface area contributed by atoms with Gasteiger partial charge in [-0.3, -0.25) is 4.79 Å². The average Bonchev–Trinajstić information content (AvgIpc) is 2.40. The summed E-state index contributed by atoms with van der Waals surface area (Å²) in [5.74, 6) is 1.37. The maximum absolute atomic E-state index is 11.5. The quantitative estimate of drug-likeness (QED) is 0.525. The molecular weight excluding hydrogens is 150 g/mol. The SMILES string of the molecule is O=C1N[C@H]2C=C[C@@H]1[C@H]1C=C[C@@H]2C1. The summed E-state index contributed by atoms with van der Waals surface area (Å²) in [7, 11) is 0. The van der Waals surface area contributed by atoms with Gasteiger partial charge in [-0.25, -0.2) is 0 Å². The van der Waals surface area contributed by atoms with Gasteiger partial charge in [0.2, 0.25) is 5.91 Å². The molecule has 0 aromatic carbocycles. The summed E-state index contributed by atoms with van der Waals surface area (Å²) in [6.45, 7) is 0. The Labute approximate surface area is 71.3 Å². The van der Waals surface area contributed by atoms with Crippen molar-refractivity contribution in [2.24, 2.45) is 17.8 Å². The third-order valence-electron chi connectivity index (χ3n) is 3.21. The van der Waals surface area contributed by atoms with Crippen LogP contribution in [-0.4, -0.2) is 11.9 Å². The molecule has 1 fully saturated rings. The second kappa shape index (κ2) is 2.00. The molecule has 1 saturated heterocycles. The van der Waals surface area contributed by atoms with Gasteiger partial charge in [0.1, 0.15) is 0 Å². The fourth-order valence-corrected chi connectivity index (χ4v) is 2.51. The van der Waals surface area contributed by atoms with Crippen molar-refractivity contribution in [3.05, 3.63) is 24.3 Å². The van der Waals surface area contributed by atoms with E-state index in [4.69, 9.17) is 0 Å². The van der Waals surface area contributed by atoms with Gasteiger partial charge in [-0.1, -0.05) is 24.3 Å². The molecule has 12 heavy (non-hydrogen) atoms. The van der Waals surface area contributed by atoms with Crippen molar-refractivity contribution < 1.29 is 4.79 Å². The van der Waals surface area contributed by atoms with Crippen LogP contribution in [-0.2, 0) is 4.79 Å². The molecule has 0 radical (unpaired) electrons. The standard InChI is InChI=1S/C10H11NO/c12-10-8-3-4-9(11-10)7-2-1-6(8)5-7/h1-4,6-9H,5H2,(H,11,12)/t6-,7+,8+,9-/m0/s1. The van der Waals surface area contributed by atoms with E-state index >= 15 is 0 Å². The number of hydrogen-bond donors (Lipinski definition) is 1. The van der Waals surface area contributed by atoms with Crippen molar-refractivity contribution in [3.63, 3.8) is 0 Å². The highest BCUT2D eigenvalue weighted by Gasteiger charge is 2.40. The Morgan fingerprint density at radius 2 is 2.00 bits per heavy atom. The van der Waals surface area contributed by atoms with Crippen molar-refractivity contribution >= 4 is 5.91 Å². The van der Waals surface area contributed by atoms with Crippen molar-refractivity contribution in [1.82, 2.24) is 5.32 Å². The predicted octanol–water partition coefficient (Wildman–Crippen LogP) is 0.863. The summed E-state index contributed by atoms with van der Waals surface area (Å²) < 4.78 is 0. The summed E-state index contributed by atoms with van der Waals surface area (Å²) in [6.07, 6.45) is 9.86. The van der Waals surface area contributed by atoms with Gasteiger partial charge in [-0.05, 0) is 12.3 Å². The van der Waals surface area contributed by atoms with Crippen LogP contribution in [0.25, 0.3) is 0 Å². The smallest absolute Gasteiger partial charge is 0.227 e. The van der Waals surface area contributed by atoms with E-state index in [1.807, 2.05) is 0 Å². The molecule has 62 valence electrons. The van der Waals surface area contributed by atoms with Crippen molar-refractivity contribution in [2.75, 3.05) is 0 Å². The van der Waals surface area contributed by atoms with Crippen LogP contribution in [0, 0.1) is 17.8 Å². The monoisotopic (exact) mass is 161 g/mol. The number of carbonyl (C=O) groups excluding carboxylic acids is 1. The van der Waals surface area contributed by atoms with Crippen molar-refractivity contribution in [2.45, 2.75) is 12.5 Å². The summed E-state index contributed by atoms with van der Waals surface area (Å²) in [4.78, 5) is 11.5. The Kier molecular flexibility index (Phi) is 1.08. The zero-order chi connectivity index (χ0) is 8.13. The van der Waals surface area contributed by atoms with Crippen molar-refractivity contribution in [1.29, 1.82) is 0 Å². The highest BCUT2D eigenvalue weighted by Crippen LogP contribution is 2.38. The summed E-state index contributed by atoms with van der Waals surface area (Å²) >= 11 is 0. The molecule has 0 aromatic rings. The molecule has 2 aliphatic carbocycles. The average molecular weight is 161 g/mol. The summed E-state index contributed by atoms with van der Waals surface area (Å²) in [6, 6.07) is 0.275. The molecule has 0 aromatic heterocycles. The van der Waals surface area contributed by atoms with Crippen LogP contribution in [0.3, 0.4) is 0 Å². The van der Waals surface area contributed by atoms with Crippen LogP contribution in [0.15, 0.2) is 24.3 Å². The van der Waals surface area contributed by atoms with Crippen molar-refractivity contribution in [3.8, 4) is 0 Å². The minimum atomic E-state index is 0.116. The van der Waals surface area contributed by atoms with Crippen LogP contribution in [0.4, 0.5) is 0 Å². The van der Waals surface area contributed by atoms with Gasteiger partial charge in [-0.15, -0.1) is 0 Å². The van der Waals surface area contributed by atoms with E-state index in [1.165, 1.54) is 0 Å². The number of rotatable bonds is 0. The number of hydrogen-bond acceptors (Lipinski definition) is 1. The Balaban J connectivity index is 2.11. The lowest BCUT2D eigenvalue weighted by Crippen LogP contribution is -2.42. The Bertz CT molecular complexity index is 292. The molecule has 2 nitrogen and oxygen atoms in total. The van der Waals surface area contributed by atoms with E-state index in [1.54, 1.807) is 0 Å². The summed E-state index contributed by atoms with van der Waals surface area (Å²) in [5, 5.41) is 3.03. The van der Waals surface area contributed by atoms with E-state index < -0.39 is 0 Å².